The molecule has 4 heterocycles. The predicted molar refractivity (Wildman–Crippen MR) is 530 cm³/mol. The minimum Gasteiger partial charge on any atom is -0.390 e. The number of carbonyl (C=O) groups excluding carboxylic acids is 4. The molecule has 16 aliphatic rings. The SMILES string of the molecule is C.C[C@@]1(O)CC[C@@]2(C)[C@H](CC[C@@H]3[C@@H]2CC[C@]2(C)[C@@H](C(=O)CBr)CC[C@@H]32)C1.C[C@@]1(O)CC[C@@]2(C)[C@H](CC[C@@H]3[C@@H]2CC[C@]2(C)[C@@H](C(=O)Cn4nc5cc(F)cc(F)c5n4)CC[C@@H]32)C1.C[C@@]1(O)CC[C@@]2(C)[C@H](CC[C@@H]3[C@@H]2CC[C@]2(C)[C@@H](C(=O)Cn4nnc5c(F)cc(F)cc54)CC[C@@H]32)C1.C[C@@]1(O)CC[C@@]2(C)[C@H](CC[C@@H]3[C@@H]2CC[C@]2(C)[C@@H](C(=O)Cn4nnc5cc(F)cc(F)c54)CC[C@@H]32)C1.Fc1cc(F)c2n[nH]nc2c1. The highest BCUT2D eigenvalue weighted by atomic mass is 79.9. The van der Waals surface area contributed by atoms with Gasteiger partial charge in [-0.05, 0) is 397 Å². The van der Waals surface area contributed by atoms with E-state index >= 15 is 0 Å². The van der Waals surface area contributed by atoms with Gasteiger partial charge in [0.15, 0.2) is 40.6 Å². The van der Waals surface area contributed by atoms with Crippen LogP contribution in [0, 0.1) is 208 Å². The van der Waals surface area contributed by atoms with E-state index < -0.39 is 68.9 Å². The van der Waals surface area contributed by atoms with E-state index in [1.54, 1.807) is 0 Å². The lowest BCUT2D eigenvalue weighted by atomic mass is 9.44. The van der Waals surface area contributed by atoms with E-state index in [0.29, 0.717) is 110 Å². The molecule has 5 N–H and O–H groups in total. The van der Waals surface area contributed by atoms with Crippen LogP contribution in [0.5, 0.6) is 0 Å². The number of H-pyrrole nitrogens is 1. The van der Waals surface area contributed by atoms with Crippen LogP contribution >= 0.6 is 15.9 Å². The number of hydrogen-bond donors (Lipinski definition) is 5. The number of aromatic nitrogens is 12. The summed E-state index contributed by atoms with van der Waals surface area (Å²) in [7, 11) is 0. The highest BCUT2D eigenvalue weighted by Gasteiger charge is 2.68. The molecule has 16 aliphatic carbocycles. The molecule has 4 aromatic heterocycles. The number of aromatic amines is 1. The number of halogens is 9. The lowest BCUT2D eigenvalue weighted by molar-refractivity contribution is -0.151. The van der Waals surface area contributed by atoms with E-state index in [1.807, 2.05) is 27.7 Å². The largest absolute Gasteiger partial charge is 0.390 e. The first kappa shape index (κ1) is 103. The Hall–Kier alpha value is -7.08. The van der Waals surface area contributed by atoms with Crippen LogP contribution < -0.4 is 0 Å². The van der Waals surface area contributed by atoms with Gasteiger partial charge in [-0.15, -0.1) is 15.3 Å². The summed E-state index contributed by atoms with van der Waals surface area (Å²) < 4.78 is 111. The number of Topliss-reactive ketones (excluding diaryl/α,β-unsaturated/α-hetero) is 4. The van der Waals surface area contributed by atoms with E-state index in [1.165, 1.54) is 97.3 Å². The number of nitrogens with zero attached hydrogens (tertiary/aromatic N) is 11. The van der Waals surface area contributed by atoms with E-state index in [2.05, 4.69) is 118 Å². The normalized spacial score (nSPS) is 42.3. The second-order valence-corrected chi connectivity index (χ2v) is 52.3. The molecular formula is C113H153BrF8N12O8. The fraction of sp³-hybridized carbons (Fsp3) is 0.752. The van der Waals surface area contributed by atoms with Gasteiger partial charge in [0.25, 0.3) is 0 Å². The van der Waals surface area contributed by atoms with Crippen molar-refractivity contribution >= 4 is 83.2 Å². The molecule has 8 aromatic rings. The van der Waals surface area contributed by atoms with E-state index in [0.717, 1.165) is 214 Å². The number of hydrogen-bond acceptors (Lipinski definition) is 16. The van der Waals surface area contributed by atoms with Crippen LogP contribution in [-0.4, -0.2) is 132 Å². The Morgan fingerprint density at radius 1 is 0.331 bits per heavy atom. The summed E-state index contributed by atoms with van der Waals surface area (Å²) in [5, 5.41) is 76.5. The monoisotopic (exact) mass is 2040 g/mol. The Balaban J connectivity index is 0.000000116. The van der Waals surface area contributed by atoms with Gasteiger partial charge in [-0.25, -0.2) is 44.5 Å². The van der Waals surface area contributed by atoms with Crippen molar-refractivity contribution in [2.45, 2.75) is 364 Å². The van der Waals surface area contributed by atoms with Crippen molar-refractivity contribution in [1.29, 1.82) is 0 Å². The Morgan fingerprint density at radius 3 is 1.05 bits per heavy atom. The third-order valence-electron chi connectivity index (χ3n) is 44.3. The maximum atomic E-state index is 14.5. The van der Waals surface area contributed by atoms with Gasteiger partial charge in [-0.1, -0.05) is 89.2 Å². The van der Waals surface area contributed by atoms with Crippen LogP contribution in [0.3, 0.4) is 0 Å². The predicted octanol–water partition coefficient (Wildman–Crippen LogP) is 24.3. The fourth-order valence-electron chi connectivity index (χ4n) is 36.9. The number of benzene rings is 4. The first-order valence-corrected chi connectivity index (χ1v) is 54.9. The summed E-state index contributed by atoms with van der Waals surface area (Å²) in [6.07, 6.45) is 39.1. The zero-order valence-electron chi connectivity index (χ0n) is 84.7. The van der Waals surface area contributed by atoms with Gasteiger partial charge in [0.1, 0.15) is 87.3 Å². The summed E-state index contributed by atoms with van der Waals surface area (Å²) in [5.41, 5.74) is 0.327. The summed E-state index contributed by atoms with van der Waals surface area (Å²) in [5.74, 6) is 5.69. The second kappa shape index (κ2) is 37.6. The first-order chi connectivity index (χ1) is 66.5. The molecule has 142 heavy (non-hydrogen) atoms. The highest BCUT2D eigenvalue weighted by Crippen LogP contribution is 2.74. The number of fused-ring (bicyclic) bond motifs is 24. The summed E-state index contributed by atoms with van der Waals surface area (Å²) in [6.45, 7) is 27.5. The molecule has 20 nitrogen and oxygen atoms in total. The van der Waals surface area contributed by atoms with Crippen LogP contribution in [0.2, 0.25) is 0 Å². The maximum absolute atomic E-state index is 14.5. The minimum atomic E-state index is -0.752. The number of rotatable bonds is 11. The van der Waals surface area contributed by atoms with Crippen LogP contribution in [0.1, 0.15) is 322 Å². The molecule has 16 fully saturated rings. The molecule has 0 aliphatic heterocycles. The molecule has 32 atom stereocenters. The molecule has 0 spiro atoms. The maximum Gasteiger partial charge on any atom is 0.159 e. The van der Waals surface area contributed by atoms with Gasteiger partial charge in [0, 0.05) is 72.2 Å². The Labute approximate surface area is 839 Å². The lowest BCUT2D eigenvalue weighted by Gasteiger charge is -2.61. The minimum absolute atomic E-state index is 0. The zero-order chi connectivity index (χ0) is 100. The van der Waals surface area contributed by atoms with Gasteiger partial charge in [0.2, 0.25) is 0 Å². The van der Waals surface area contributed by atoms with Gasteiger partial charge in [0.05, 0.1) is 33.3 Å². The van der Waals surface area contributed by atoms with E-state index in [4.69, 9.17) is 0 Å². The molecule has 16 saturated carbocycles. The van der Waals surface area contributed by atoms with Crippen molar-refractivity contribution in [3.63, 3.8) is 0 Å². The van der Waals surface area contributed by atoms with Crippen LogP contribution in [0.4, 0.5) is 35.1 Å². The molecular weight excluding hydrogens is 1890 g/mol. The summed E-state index contributed by atoms with van der Waals surface area (Å²) in [6, 6.07) is 7.82. The van der Waals surface area contributed by atoms with Gasteiger partial charge >= 0.3 is 0 Å². The van der Waals surface area contributed by atoms with E-state index in [9.17, 15) is 74.7 Å². The van der Waals surface area contributed by atoms with Crippen molar-refractivity contribution in [2.75, 3.05) is 5.33 Å². The first-order valence-electron chi connectivity index (χ1n) is 53.8. The smallest absolute Gasteiger partial charge is 0.159 e. The topological polar surface area (TPSA) is 283 Å². The summed E-state index contributed by atoms with van der Waals surface area (Å²) >= 11 is 3.43. The second-order valence-electron chi connectivity index (χ2n) is 51.7. The van der Waals surface area contributed by atoms with Gasteiger partial charge in [-0.2, -0.15) is 25.3 Å². The van der Waals surface area contributed by atoms with Crippen molar-refractivity contribution in [3.8, 4) is 0 Å². The number of nitrogens with one attached hydrogen (secondary N) is 1. The number of alkyl halides is 1. The standard InChI is InChI=1S/3C28H37F2N3O2.C22H35BrO2.C6H3F2N3.CH4/c1-26(35)10-11-27(2)16(14-26)4-5-18-19-6-7-21(28(19,3)9-8-20(18)27)24(34)15-33-23-13-17(29)12-22(30)25(23)31-32-33;1-26(35)10-11-27(2)16(14-26)4-5-18-19-6-7-21(28(19,3)9-8-20(18)27)24(34)15-33-25-22(30)12-17(29)13-23(25)31-32-33;1-26(35)10-11-27(2)16(14-26)4-5-18-19-6-7-21(28(19,3)9-8-20(18)27)24(34)15-33-31-23-13-17(29)12-22(30)25(23)32-33;1-20(25)10-11-21(2)14(12-20)4-5-15-16-6-7-18(19(24)13-23)22(16,3)9-8-17(15)21;7-3-1-4(8)6-5(2-3)9-11-10-6;/h3*12-13,16,18-21,35H,4-11,14-15H2,1-3H3;14-18,25H,4-13H2,1-3H3;1-2H,(H,9,10,11);1H4/t3*16-,18+,19+,20+,21-,26-,27+,28+;14-,15+,16+,17+,18-,20-,21+,22+;;/m1111../s1. The molecule has 0 radical (unpaired) electrons. The zero-order valence-corrected chi connectivity index (χ0v) is 86.3. The molecule has 0 unspecified atom stereocenters. The van der Waals surface area contributed by atoms with Crippen molar-refractivity contribution in [2.24, 2.45) is 162 Å². The molecule has 4 aromatic carbocycles. The fourth-order valence-corrected chi connectivity index (χ4v) is 37.3. The molecule has 0 bridgehead atoms. The number of aliphatic hydroxyl groups is 4. The Bertz CT molecular complexity index is 6100. The summed E-state index contributed by atoms with van der Waals surface area (Å²) in [4.78, 5) is 54.5. The van der Waals surface area contributed by atoms with Crippen LogP contribution in [-0.2, 0) is 38.8 Å². The Morgan fingerprint density at radius 2 is 0.655 bits per heavy atom. The molecule has 24 rings (SSSR count). The van der Waals surface area contributed by atoms with Crippen LogP contribution in [0.25, 0.3) is 44.1 Å². The van der Waals surface area contributed by atoms with Gasteiger partial charge in [-0.3, -0.25) is 19.2 Å². The Kier molecular flexibility index (Phi) is 27.4. The van der Waals surface area contributed by atoms with E-state index in [-0.39, 0.29) is 134 Å². The van der Waals surface area contributed by atoms with Crippen molar-refractivity contribution < 1.29 is 74.7 Å². The number of ketones is 4. The van der Waals surface area contributed by atoms with Crippen molar-refractivity contribution in [3.05, 3.63) is 95.1 Å². The van der Waals surface area contributed by atoms with Crippen LogP contribution in [0.15, 0.2) is 48.5 Å². The molecule has 0 saturated heterocycles. The molecule has 776 valence electrons. The average Bonchev–Trinajstić information content (AvgIpc) is 1.44. The van der Waals surface area contributed by atoms with Crippen molar-refractivity contribution in [1.82, 2.24) is 60.4 Å². The average molecular weight is 2040 g/mol. The third-order valence-corrected chi connectivity index (χ3v) is 44.8. The number of carbonyl (C=O) groups is 4. The van der Waals surface area contributed by atoms with Gasteiger partial charge < -0.3 is 20.4 Å². The lowest BCUT2D eigenvalue weighted by Crippen LogP contribution is -2.55. The molecule has 0 amide bonds. The molecule has 29 heteroatoms. The third kappa shape index (κ3) is 18.0. The quantitative estimate of drug-likeness (QED) is 0.0594. The highest BCUT2D eigenvalue weighted by molar-refractivity contribution is 9.09.